The number of aromatic amines is 1. The number of nitrogens with one attached hydrogen (secondary N) is 2. The van der Waals surface area contributed by atoms with Crippen LogP contribution in [-0.4, -0.2) is 31.7 Å². The summed E-state index contributed by atoms with van der Waals surface area (Å²) in [5, 5.41) is 11.6. The van der Waals surface area contributed by atoms with E-state index in [0.717, 1.165) is 5.56 Å². The highest BCUT2D eigenvalue weighted by Gasteiger charge is 2.17. The summed E-state index contributed by atoms with van der Waals surface area (Å²) in [4.78, 5) is 16.8. The van der Waals surface area contributed by atoms with E-state index in [9.17, 15) is 4.79 Å². The van der Waals surface area contributed by atoms with Crippen molar-refractivity contribution in [2.24, 2.45) is 14.1 Å². The van der Waals surface area contributed by atoms with Crippen LogP contribution in [-0.2, 0) is 14.1 Å². The number of hydrogen-bond acceptors (Lipinski definition) is 5. The van der Waals surface area contributed by atoms with Crippen molar-refractivity contribution in [3.8, 4) is 17.1 Å². The standard InChI is InChI=1S/C18H17ClN6O2/c1-24-9-20-17(23-24)11-5-4-6-12(16(11)27-3)21-13-7-10(19)8-14-15(13)18(26)25(2)22-14/h4-9,21-22H,1-3H3. The van der Waals surface area contributed by atoms with E-state index in [0.29, 0.717) is 38.9 Å². The second kappa shape index (κ2) is 6.48. The van der Waals surface area contributed by atoms with Gasteiger partial charge in [-0.3, -0.25) is 19.3 Å². The van der Waals surface area contributed by atoms with E-state index in [1.165, 1.54) is 4.68 Å². The summed E-state index contributed by atoms with van der Waals surface area (Å²) in [7, 11) is 5.04. The van der Waals surface area contributed by atoms with Gasteiger partial charge in [0, 0.05) is 19.1 Å². The highest BCUT2D eigenvalue weighted by atomic mass is 35.5. The van der Waals surface area contributed by atoms with Gasteiger partial charge < -0.3 is 10.1 Å². The highest BCUT2D eigenvalue weighted by molar-refractivity contribution is 6.31. The summed E-state index contributed by atoms with van der Waals surface area (Å²) >= 11 is 6.23. The molecule has 0 saturated carbocycles. The van der Waals surface area contributed by atoms with E-state index >= 15 is 0 Å². The molecule has 4 aromatic rings. The molecule has 8 nitrogen and oxygen atoms in total. The lowest BCUT2D eigenvalue weighted by molar-refractivity contribution is 0.418. The molecule has 27 heavy (non-hydrogen) atoms. The van der Waals surface area contributed by atoms with E-state index in [1.54, 1.807) is 44.3 Å². The Morgan fingerprint density at radius 3 is 2.74 bits per heavy atom. The number of fused-ring (bicyclic) bond motifs is 1. The fourth-order valence-electron chi connectivity index (χ4n) is 3.06. The number of nitrogens with zero attached hydrogens (tertiary/aromatic N) is 4. The molecule has 2 N–H and O–H groups in total. The van der Waals surface area contributed by atoms with E-state index in [4.69, 9.17) is 16.3 Å². The summed E-state index contributed by atoms with van der Waals surface area (Å²) < 4.78 is 8.65. The predicted molar refractivity (Wildman–Crippen MR) is 105 cm³/mol. The van der Waals surface area contributed by atoms with E-state index in [-0.39, 0.29) is 5.56 Å². The number of aryl methyl sites for hydroxylation is 2. The number of halogens is 1. The normalized spacial score (nSPS) is 11.1. The average molecular weight is 385 g/mol. The van der Waals surface area contributed by atoms with Gasteiger partial charge in [-0.05, 0) is 24.3 Å². The second-order valence-corrected chi connectivity index (χ2v) is 6.54. The molecule has 0 aliphatic rings. The molecule has 0 atom stereocenters. The Morgan fingerprint density at radius 1 is 1.22 bits per heavy atom. The lowest BCUT2D eigenvalue weighted by Crippen LogP contribution is -2.12. The van der Waals surface area contributed by atoms with E-state index in [1.807, 2.05) is 18.2 Å². The highest BCUT2D eigenvalue weighted by Crippen LogP contribution is 2.37. The van der Waals surface area contributed by atoms with Crippen molar-refractivity contribution in [1.29, 1.82) is 0 Å². The number of hydrogen-bond donors (Lipinski definition) is 2. The minimum Gasteiger partial charge on any atom is -0.494 e. The predicted octanol–water partition coefficient (Wildman–Crippen LogP) is 3.07. The Hall–Kier alpha value is -3.26. The van der Waals surface area contributed by atoms with Crippen molar-refractivity contribution >= 4 is 33.9 Å². The van der Waals surface area contributed by atoms with Crippen LogP contribution in [0.4, 0.5) is 11.4 Å². The number of H-pyrrole nitrogens is 1. The van der Waals surface area contributed by atoms with Gasteiger partial charge in [-0.1, -0.05) is 17.7 Å². The molecular weight excluding hydrogens is 368 g/mol. The van der Waals surface area contributed by atoms with Gasteiger partial charge in [0.2, 0.25) is 0 Å². The third kappa shape index (κ3) is 2.93. The Morgan fingerprint density at radius 2 is 2.04 bits per heavy atom. The Bertz CT molecular complexity index is 1210. The molecule has 0 saturated heterocycles. The molecule has 0 unspecified atom stereocenters. The zero-order valence-electron chi connectivity index (χ0n) is 14.9. The quantitative estimate of drug-likeness (QED) is 0.564. The average Bonchev–Trinajstić information content (AvgIpc) is 3.18. The Labute approximate surface area is 159 Å². The molecule has 0 aliphatic heterocycles. The molecule has 9 heteroatoms. The molecule has 0 fully saturated rings. The summed E-state index contributed by atoms with van der Waals surface area (Å²) in [6.07, 6.45) is 1.62. The molecule has 0 radical (unpaired) electrons. The van der Waals surface area contributed by atoms with Crippen LogP contribution in [0.5, 0.6) is 5.75 Å². The number of benzene rings is 2. The summed E-state index contributed by atoms with van der Waals surface area (Å²) in [5.41, 5.74) is 2.51. The second-order valence-electron chi connectivity index (χ2n) is 6.11. The molecule has 0 spiro atoms. The number of anilines is 2. The minimum atomic E-state index is -0.148. The van der Waals surface area contributed by atoms with Crippen molar-refractivity contribution < 1.29 is 4.74 Å². The van der Waals surface area contributed by atoms with E-state index < -0.39 is 0 Å². The van der Waals surface area contributed by atoms with Crippen molar-refractivity contribution in [1.82, 2.24) is 24.5 Å². The first-order valence-corrected chi connectivity index (χ1v) is 8.54. The molecule has 0 aliphatic carbocycles. The summed E-state index contributed by atoms with van der Waals surface area (Å²) in [6.45, 7) is 0. The number of ether oxygens (including phenoxy) is 1. The molecule has 2 aromatic carbocycles. The van der Waals surface area contributed by atoms with Crippen molar-refractivity contribution in [2.45, 2.75) is 0 Å². The topological polar surface area (TPSA) is 89.8 Å². The SMILES string of the molecule is COc1c(Nc2cc(Cl)cc3[nH]n(C)c(=O)c23)cccc1-c1ncn(C)n1. The van der Waals surface area contributed by atoms with Gasteiger partial charge in [0.15, 0.2) is 11.6 Å². The Kier molecular flexibility index (Phi) is 4.12. The van der Waals surface area contributed by atoms with Crippen LogP contribution >= 0.6 is 11.6 Å². The lowest BCUT2D eigenvalue weighted by Gasteiger charge is -2.14. The fourth-order valence-corrected chi connectivity index (χ4v) is 3.28. The van der Waals surface area contributed by atoms with Gasteiger partial charge in [0.25, 0.3) is 5.56 Å². The fraction of sp³-hybridized carbons (Fsp3) is 0.167. The van der Waals surface area contributed by atoms with Crippen LogP contribution in [0.1, 0.15) is 0 Å². The Balaban J connectivity index is 1.87. The van der Waals surface area contributed by atoms with Crippen LogP contribution in [0, 0.1) is 0 Å². The molecule has 0 bridgehead atoms. The number of rotatable bonds is 4. The smallest absolute Gasteiger partial charge is 0.276 e. The molecule has 2 aromatic heterocycles. The summed E-state index contributed by atoms with van der Waals surface area (Å²) in [6, 6.07) is 9.03. The van der Waals surface area contributed by atoms with Crippen LogP contribution in [0.15, 0.2) is 41.5 Å². The maximum Gasteiger partial charge on any atom is 0.276 e. The lowest BCUT2D eigenvalue weighted by atomic mass is 10.1. The van der Waals surface area contributed by atoms with Crippen LogP contribution in [0.2, 0.25) is 5.02 Å². The third-order valence-electron chi connectivity index (χ3n) is 4.24. The number of methoxy groups -OCH3 is 1. The first kappa shape index (κ1) is 17.2. The zero-order valence-corrected chi connectivity index (χ0v) is 15.7. The molecule has 0 amide bonds. The largest absolute Gasteiger partial charge is 0.494 e. The van der Waals surface area contributed by atoms with Gasteiger partial charge in [-0.15, -0.1) is 0 Å². The first-order chi connectivity index (χ1) is 13.0. The van der Waals surface area contributed by atoms with Gasteiger partial charge in [0.1, 0.15) is 6.33 Å². The van der Waals surface area contributed by atoms with Crippen molar-refractivity contribution in [3.05, 3.63) is 52.0 Å². The van der Waals surface area contributed by atoms with Gasteiger partial charge in [-0.2, -0.15) is 5.10 Å². The van der Waals surface area contributed by atoms with E-state index in [2.05, 4.69) is 20.5 Å². The third-order valence-corrected chi connectivity index (χ3v) is 4.46. The van der Waals surface area contributed by atoms with Gasteiger partial charge in [0.05, 0.1) is 35.0 Å². The van der Waals surface area contributed by atoms with Gasteiger partial charge >= 0.3 is 0 Å². The van der Waals surface area contributed by atoms with Crippen LogP contribution < -0.4 is 15.6 Å². The number of aromatic nitrogens is 5. The summed E-state index contributed by atoms with van der Waals surface area (Å²) in [5.74, 6) is 1.12. The van der Waals surface area contributed by atoms with Crippen LogP contribution in [0.25, 0.3) is 22.3 Å². The maximum atomic E-state index is 12.5. The van der Waals surface area contributed by atoms with Crippen molar-refractivity contribution in [3.63, 3.8) is 0 Å². The molecular formula is C18H17ClN6O2. The monoisotopic (exact) mass is 384 g/mol. The molecule has 2 heterocycles. The zero-order chi connectivity index (χ0) is 19.1. The minimum absolute atomic E-state index is 0.148. The van der Waals surface area contributed by atoms with Crippen molar-refractivity contribution in [2.75, 3.05) is 12.4 Å². The maximum absolute atomic E-state index is 12.5. The molecule has 4 rings (SSSR count). The first-order valence-electron chi connectivity index (χ1n) is 8.16. The molecule has 138 valence electrons. The van der Waals surface area contributed by atoms with Gasteiger partial charge in [-0.25, -0.2) is 4.98 Å². The number of para-hydroxylation sites is 1. The van der Waals surface area contributed by atoms with Crippen LogP contribution in [0.3, 0.4) is 0 Å².